The van der Waals surface area contributed by atoms with Crippen molar-refractivity contribution >= 4 is 27.9 Å². The fraction of sp³-hybridized carbons (Fsp3) is 0.105. The van der Waals surface area contributed by atoms with E-state index in [4.69, 9.17) is 0 Å². The summed E-state index contributed by atoms with van der Waals surface area (Å²) in [5, 5.41) is 22.8. The Balaban J connectivity index is 1.51. The maximum atomic E-state index is 11.7. The van der Waals surface area contributed by atoms with Crippen LogP contribution in [0.15, 0.2) is 58.8 Å². The van der Waals surface area contributed by atoms with Crippen LogP contribution in [0.4, 0.5) is 0 Å². The number of H-pyrrole nitrogens is 1. The van der Waals surface area contributed by atoms with Gasteiger partial charge in [-0.2, -0.15) is 9.78 Å². The molecule has 0 aliphatic rings. The SMILES string of the molecule is CC(=Nn1cc(O)[nH]c1=O)c1cnc2nnn(Cc3ccc4ncccc4c3)c2n1. The van der Waals surface area contributed by atoms with Crippen molar-refractivity contribution < 1.29 is 5.11 Å². The Bertz CT molecular complexity index is 1480. The van der Waals surface area contributed by atoms with Gasteiger partial charge in [-0.15, -0.1) is 5.10 Å². The van der Waals surface area contributed by atoms with E-state index in [0.717, 1.165) is 21.1 Å². The first-order valence-electron chi connectivity index (χ1n) is 9.03. The summed E-state index contributed by atoms with van der Waals surface area (Å²) in [4.78, 5) is 27.1. The van der Waals surface area contributed by atoms with E-state index >= 15 is 0 Å². The number of fused-ring (bicyclic) bond motifs is 2. The summed E-state index contributed by atoms with van der Waals surface area (Å²) in [6.45, 7) is 2.15. The van der Waals surface area contributed by atoms with Crippen molar-refractivity contribution in [2.24, 2.45) is 5.10 Å². The van der Waals surface area contributed by atoms with Crippen LogP contribution in [0.3, 0.4) is 0 Å². The molecule has 4 aromatic heterocycles. The quantitative estimate of drug-likeness (QED) is 0.432. The van der Waals surface area contributed by atoms with Crippen molar-refractivity contribution in [1.82, 2.24) is 39.6 Å². The van der Waals surface area contributed by atoms with Crippen molar-refractivity contribution in [1.29, 1.82) is 0 Å². The first-order chi connectivity index (χ1) is 14.6. The molecule has 1 aromatic carbocycles. The first-order valence-corrected chi connectivity index (χ1v) is 9.03. The molecule has 0 saturated heterocycles. The third kappa shape index (κ3) is 3.17. The van der Waals surface area contributed by atoms with Gasteiger partial charge >= 0.3 is 5.69 Å². The number of hydrogen-bond acceptors (Lipinski definition) is 8. The van der Waals surface area contributed by atoms with Crippen LogP contribution in [0, 0.1) is 0 Å². The highest BCUT2D eigenvalue weighted by Gasteiger charge is 2.12. The number of pyridine rings is 1. The van der Waals surface area contributed by atoms with Crippen LogP contribution < -0.4 is 5.69 Å². The Morgan fingerprint density at radius 1 is 1.27 bits per heavy atom. The van der Waals surface area contributed by atoms with E-state index in [0.29, 0.717) is 29.2 Å². The maximum absolute atomic E-state index is 11.7. The molecule has 0 aliphatic carbocycles. The van der Waals surface area contributed by atoms with E-state index in [1.165, 1.54) is 12.4 Å². The topological polar surface area (TPSA) is 140 Å². The fourth-order valence-corrected chi connectivity index (χ4v) is 3.09. The van der Waals surface area contributed by atoms with Gasteiger partial charge in [-0.3, -0.25) is 9.97 Å². The highest BCUT2D eigenvalue weighted by Crippen LogP contribution is 2.16. The molecule has 0 unspecified atom stereocenters. The number of hydrogen-bond donors (Lipinski definition) is 2. The number of aromatic hydroxyl groups is 1. The molecule has 148 valence electrons. The zero-order valence-corrected chi connectivity index (χ0v) is 15.8. The van der Waals surface area contributed by atoms with Crippen LogP contribution in [-0.2, 0) is 6.54 Å². The van der Waals surface area contributed by atoms with Gasteiger partial charge in [-0.1, -0.05) is 17.3 Å². The second-order valence-corrected chi connectivity index (χ2v) is 6.65. The van der Waals surface area contributed by atoms with E-state index in [1.54, 1.807) is 17.8 Å². The normalized spacial score (nSPS) is 12.1. The maximum Gasteiger partial charge on any atom is 0.349 e. The summed E-state index contributed by atoms with van der Waals surface area (Å²) in [6.07, 6.45) is 4.45. The molecule has 0 amide bonds. The lowest BCUT2D eigenvalue weighted by Crippen LogP contribution is -2.14. The molecule has 5 aromatic rings. The van der Waals surface area contributed by atoms with Gasteiger partial charge in [0.15, 0.2) is 5.65 Å². The summed E-state index contributed by atoms with van der Waals surface area (Å²) in [5.41, 5.74) is 3.19. The molecule has 11 nitrogen and oxygen atoms in total. The van der Waals surface area contributed by atoms with E-state index in [2.05, 4.69) is 35.3 Å². The highest BCUT2D eigenvalue weighted by molar-refractivity contribution is 5.97. The van der Waals surface area contributed by atoms with Crippen molar-refractivity contribution in [3.63, 3.8) is 0 Å². The monoisotopic (exact) mass is 401 g/mol. The lowest BCUT2D eigenvalue weighted by atomic mass is 10.1. The van der Waals surface area contributed by atoms with Gasteiger partial charge < -0.3 is 5.11 Å². The van der Waals surface area contributed by atoms with Gasteiger partial charge in [-0.25, -0.2) is 19.4 Å². The fourth-order valence-electron chi connectivity index (χ4n) is 3.09. The second-order valence-electron chi connectivity index (χ2n) is 6.65. The molecule has 0 spiro atoms. The van der Waals surface area contributed by atoms with Crippen LogP contribution in [0.1, 0.15) is 18.2 Å². The van der Waals surface area contributed by atoms with Crippen LogP contribution >= 0.6 is 0 Å². The summed E-state index contributed by atoms with van der Waals surface area (Å²) >= 11 is 0. The highest BCUT2D eigenvalue weighted by atomic mass is 16.3. The Morgan fingerprint density at radius 2 is 2.17 bits per heavy atom. The predicted molar refractivity (Wildman–Crippen MR) is 108 cm³/mol. The van der Waals surface area contributed by atoms with Gasteiger partial charge in [0.05, 0.1) is 30.2 Å². The molecule has 11 heteroatoms. The predicted octanol–water partition coefficient (Wildman–Crippen LogP) is 1.29. The summed E-state index contributed by atoms with van der Waals surface area (Å²) in [7, 11) is 0. The molecule has 4 heterocycles. The van der Waals surface area contributed by atoms with Gasteiger partial charge in [0.1, 0.15) is 5.69 Å². The minimum Gasteiger partial charge on any atom is -0.493 e. The van der Waals surface area contributed by atoms with Crippen molar-refractivity contribution in [2.45, 2.75) is 13.5 Å². The van der Waals surface area contributed by atoms with Crippen molar-refractivity contribution in [3.8, 4) is 5.88 Å². The lowest BCUT2D eigenvalue weighted by molar-refractivity contribution is 0.455. The molecule has 30 heavy (non-hydrogen) atoms. The molecule has 0 radical (unpaired) electrons. The second kappa shape index (κ2) is 6.88. The molecular formula is C19H15N9O2. The summed E-state index contributed by atoms with van der Waals surface area (Å²) in [5.74, 6) is -0.272. The average molecular weight is 401 g/mol. The Kier molecular flexibility index (Phi) is 4.05. The molecule has 0 fully saturated rings. The smallest absolute Gasteiger partial charge is 0.349 e. The van der Waals surface area contributed by atoms with E-state index in [9.17, 15) is 9.90 Å². The molecule has 0 saturated carbocycles. The Labute approximate surface area is 168 Å². The zero-order valence-electron chi connectivity index (χ0n) is 15.8. The van der Waals surface area contributed by atoms with Gasteiger partial charge in [0.2, 0.25) is 11.5 Å². The molecule has 0 atom stereocenters. The van der Waals surface area contributed by atoms with Crippen molar-refractivity contribution in [2.75, 3.05) is 0 Å². The third-order valence-electron chi connectivity index (χ3n) is 4.54. The average Bonchev–Trinajstić information content (AvgIpc) is 3.29. The number of rotatable bonds is 4. The number of imidazole rings is 1. The van der Waals surface area contributed by atoms with Crippen molar-refractivity contribution in [3.05, 3.63) is 70.7 Å². The van der Waals surface area contributed by atoms with Gasteiger partial charge in [0, 0.05) is 11.6 Å². The minimum absolute atomic E-state index is 0.272. The number of nitrogens with zero attached hydrogens (tertiary/aromatic N) is 8. The van der Waals surface area contributed by atoms with Gasteiger partial charge in [0.25, 0.3) is 0 Å². The minimum atomic E-state index is -0.557. The molecule has 2 N–H and O–H groups in total. The molecular weight excluding hydrogens is 386 g/mol. The van der Waals surface area contributed by atoms with Crippen LogP contribution in [-0.4, -0.2) is 50.4 Å². The zero-order chi connectivity index (χ0) is 20.7. The number of nitrogens with one attached hydrogen (secondary N) is 1. The van der Waals surface area contributed by atoms with Crippen LogP contribution in [0.2, 0.25) is 0 Å². The molecule has 5 rings (SSSR count). The summed E-state index contributed by atoms with van der Waals surface area (Å²) < 4.78 is 2.65. The van der Waals surface area contributed by atoms with Crippen LogP contribution in [0.25, 0.3) is 22.2 Å². The Morgan fingerprint density at radius 3 is 3.00 bits per heavy atom. The molecule has 0 bridgehead atoms. The van der Waals surface area contributed by atoms with E-state index in [-0.39, 0.29) is 5.88 Å². The number of benzene rings is 1. The third-order valence-corrected chi connectivity index (χ3v) is 4.54. The summed E-state index contributed by atoms with van der Waals surface area (Å²) in [6, 6.07) is 9.89. The number of aromatic amines is 1. The van der Waals surface area contributed by atoms with E-state index in [1.807, 2.05) is 30.3 Å². The van der Waals surface area contributed by atoms with Gasteiger partial charge in [-0.05, 0) is 30.7 Å². The van der Waals surface area contributed by atoms with E-state index < -0.39 is 5.69 Å². The lowest BCUT2D eigenvalue weighted by Gasteiger charge is -2.05. The standard InChI is InChI=1S/C19H15N9O2/c1-11(25-28-10-16(29)23-19(28)30)15-8-21-17-18(22-15)27(26-24-17)9-12-4-5-14-13(7-12)3-2-6-20-14/h2-8,10,29H,9H2,1H3,(H,23,30). The number of aromatic nitrogens is 8. The first kappa shape index (κ1) is 17.7. The largest absolute Gasteiger partial charge is 0.493 e. The van der Waals surface area contributed by atoms with Crippen LogP contribution in [0.5, 0.6) is 5.88 Å². The Hall–Kier alpha value is -4.41. The molecule has 0 aliphatic heterocycles.